The summed E-state index contributed by atoms with van der Waals surface area (Å²) in [5.74, 6) is 3.89. The SMILES string of the molecule is C=COc1ccccc1O[C@@H](C)C(C)N(c1ccccc1)c1cc(N(c2ccccc2)c2ccccc2)cc(N(c2ccccc2)c2ccc3c(c2)Oc2ccccc2O3)c1. The van der Waals surface area contributed by atoms with E-state index in [2.05, 4.69) is 156 Å². The number of hydrogen-bond acceptors (Lipinski definition) is 7. The van der Waals surface area contributed by atoms with Crippen LogP contribution in [0.1, 0.15) is 13.8 Å². The maximum absolute atomic E-state index is 6.73. The number of para-hydroxylation sites is 8. The Labute approximate surface area is 357 Å². The molecule has 9 rings (SSSR count). The monoisotopic (exact) mass is 799 g/mol. The lowest BCUT2D eigenvalue weighted by atomic mass is 10.1. The van der Waals surface area contributed by atoms with Gasteiger partial charge in [0.1, 0.15) is 6.10 Å². The summed E-state index contributed by atoms with van der Waals surface area (Å²) in [6.45, 7) is 8.07. The van der Waals surface area contributed by atoms with Crippen LogP contribution in [-0.2, 0) is 0 Å². The molecular weight excluding hydrogens is 755 g/mol. The van der Waals surface area contributed by atoms with Crippen LogP contribution >= 0.6 is 0 Å². The van der Waals surface area contributed by atoms with Crippen LogP contribution in [0.4, 0.5) is 45.5 Å². The summed E-state index contributed by atoms with van der Waals surface area (Å²) in [7, 11) is 0. The molecule has 61 heavy (non-hydrogen) atoms. The Bertz CT molecular complexity index is 2690. The van der Waals surface area contributed by atoms with Crippen LogP contribution < -0.4 is 33.6 Å². The van der Waals surface area contributed by atoms with Crippen molar-refractivity contribution in [3.8, 4) is 34.5 Å². The van der Waals surface area contributed by atoms with E-state index in [4.69, 9.17) is 18.9 Å². The highest BCUT2D eigenvalue weighted by Crippen LogP contribution is 2.49. The minimum Gasteiger partial charge on any atom is -0.485 e. The highest BCUT2D eigenvalue weighted by Gasteiger charge is 2.28. The topological polar surface area (TPSA) is 46.6 Å². The van der Waals surface area contributed by atoms with Crippen LogP contribution in [0.25, 0.3) is 0 Å². The Morgan fingerprint density at radius 3 is 1.38 bits per heavy atom. The zero-order valence-corrected chi connectivity index (χ0v) is 34.0. The summed E-state index contributed by atoms with van der Waals surface area (Å²) in [5, 5.41) is 0. The molecule has 0 fully saturated rings. The molecule has 0 radical (unpaired) electrons. The number of benzene rings is 8. The van der Waals surface area contributed by atoms with Crippen LogP contribution in [0, 0.1) is 0 Å². The normalized spacial score (nSPS) is 12.3. The Morgan fingerprint density at radius 1 is 0.410 bits per heavy atom. The van der Waals surface area contributed by atoms with Gasteiger partial charge in [-0.05, 0) is 117 Å². The molecule has 0 amide bonds. The first-order valence-corrected chi connectivity index (χ1v) is 20.4. The lowest BCUT2D eigenvalue weighted by Crippen LogP contribution is -2.40. The molecule has 1 aliphatic rings. The maximum Gasteiger partial charge on any atom is 0.172 e. The third-order valence-corrected chi connectivity index (χ3v) is 10.7. The third-order valence-electron chi connectivity index (χ3n) is 10.7. The zero-order chi connectivity index (χ0) is 41.5. The van der Waals surface area contributed by atoms with Crippen molar-refractivity contribution in [1.82, 2.24) is 0 Å². The van der Waals surface area contributed by atoms with Gasteiger partial charge in [-0.2, -0.15) is 0 Å². The molecule has 0 N–H and O–H groups in total. The van der Waals surface area contributed by atoms with Crippen molar-refractivity contribution in [2.75, 3.05) is 14.7 Å². The lowest BCUT2D eigenvalue weighted by Gasteiger charge is -2.37. The summed E-state index contributed by atoms with van der Waals surface area (Å²) in [6.07, 6.45) is 1.12. The molecule has 0 saturated heterocycles. The predicted octanol–water partition coefficient (Wildman–Crippen LogP) is 15.0. The number of fused-ring (bicyclic) bond motifs is 2. The summed E-state index contributed by atoms with van der Waals surface area (Å²) < 4.78 is 25.3. The number of nitrogens with zero attached hydrogens (tertiary/aromatic N) is 3. The molecule has 2 atom stereocenters. The summed E-state index contributed by atoms with van der Waals surface area (Å²) in [4.78, 5) is 6.92. The van der Waals surface area contributed by atoms with E-state index < -0.39 is 0 Å². The van der Waals surface area contributed by atoms with E-state index in [9.17, 15) is 0 Å². The third kappa shape index (κ3) is 8.22. The quantitative estimate of drug-likeness (QED) is 0.102. The van der Waals surface area contributed by atoms with Gasteiger partial charge in [0.15, 0.2) is 34.5 Å². The largest absolute Gasteiger partial charge is 0.485 e. The van der Waals surface area contributed by atoms with E-state index >= 15 is 0 Å². The van der Waals surface area contributed by atoms with Gasteiger partial charge < -0.3 is 33.6 Å². The lowest BCUT2D eigenvalue weighted by molar-refractivity contribution is 0.190. The van der Waals surface area contributed by atoms with Gasteiger partial charge in [-0.25, -0.2) is 0 Å². The molecular formula is C54H45N3O4. The minimum absolute atomic E-state index is 0.177. The first kappa shape index (κ1) is 38.6. The van der Waals surface area contributed by atoms with Gasteiger partial charge in [-0.3, -0.25) is 0 Å². The Balaban J connectivity index is 1.25. The molecule has 1 aliphatic heterocycles. The van der Waals surface area contributed by atoms with Crippen molar-refractivity contribution in [3.63, 3.8) is 0 Å². The second kappa shape index (κ2) is 17.5. The van der Waals surface area contributed by atoms with Crippen LogP contribution in [0.3, 0.4) is 0 Å². The fraction of sp³-hybridized carbons (Fsp3) is 0.0741. The minimum atomic E-state index is -0.299. The van der Waals surface area contributed by atoms with E-state index in [1.807, 2.05) is 84.9 Å². The molecule has 8 aromatic rings. The van der Waals surface area contributed by atoms with Gasteiger partial charge in [-0.15, -0.1) is 0 Å². The Hall–Kier alpha value is -7.90. The van der Waals surface area contributed by atoms with Gasteiger partial charge >= 0.3 is 0 Å². The van der Waals surface area contributed by atoms with Crippen molar-refractivity contribution in [3.05, 3.63) is 219 Å². The highest BCUT2D eigenvalue weighted by molar-refractivity contribution is 5.87. The molecule has 1 unspecified atom stereocenters. The number of anilines is 8. The zero-order valence-electron chi connectivity index (χ0n) is 34.0. The average Bonchev–Trinajstić information content (AvgIpc) is 3.31. The van der Waals surface area contributed by atoms with E-state index in [1.165, 1.54) is 6.26 Å². The average molecular weight is 800 g/mol. The number of hydrogen-bond donors (Lipinski definition) is 0. The van der Waals surface area contributed by atoms with Crippen molar-refractivity contribution >= 4 is 45.5 Å². The van der Waals surface area contributed by atoms with E-state index in [-0.39, 0.29) is 12.1 Å². The summed E-state index contributed by atoms with van der Waals surface area (Å²) in [6, 6.07) is 70.0. The molecule has 0 aromatic heterocycles. The first-order valence-electron chi connectivity index (χ1n) is 20.4. The maximum atomic E-state index is 6.73. The standard InChI is InChI=1S/C54H45N3O4/c1-4-58-49-29-17-18-30-50(49)59-40(3)39(2)55(41-21-9-5-10-22-41)46-35-47(56(42-23-11-6-12-24-42)43-25-13-7-14-26-43)37-48(36-46)57(44-27-15-8-16-28-44)45-33-34-53-54(38-45)61-52-32-20-19-31-51(52)60-53/h4-40H,1H2,2-3H3/t39?,40-/m0/s1. The van der Waals surface area contributed by atoms with Gasteiger partial charge in [0.05, 0.1) is 29.4 Å². The summed E-state index contributed by atoms with van der Waals surface area (Å²) >= 11 is 0. The van der Waals surface area contributed by atoms with Crippen LogP contribution in [0.2, 0.25) is 0 Å². The van der Waals surface area contributed by atoms with E-state index in [0.717, 1.165) is 45.5 Å². The van der Waals surface area contributed by atoms with Crippen molar-refractivity contribution in [2.45, 2.75) is 26.0 Å². The van der Waals surface area contributed by atoms with Crippen LogP contribution in [0.5, 0.6) is 34.5 Å². The highest BCUT2D eigenvalue weighted by atomic mass is 16.6. The van der Waals surface area contributed by atoms with E-state index in [1.54, 1.807) is 0 Å². The molecule has 0 spiro atoms. The second-order valence-corrected chi connectivity index (χ2v) is 14.7. The second-order valence-electron chi connectivity index (χ2n) is 14.7. The molecule has 8 aromatic carbocycles. The fourth-order valence-electron chi connectivity index (χ4n) is 7.71. The predicted molar refractivity (Wildman–Crippen MR) is 248 cm³/mol. The molecule has 0 aliphatic carbocycles. The molecule has 0 bridgehead atoms. The first-order chi connectivity index (χ1) is 30.0. The molecule has 1 heterocycles. The molecule has 300 valence electrons. The summed E-state index contributed by atoms with van der Waals surface area (Å²) in [5.41, 5.74) is 7.79. The number of rotatable bonds is 14. The smallest absolute Gasteiger partial charge is 0.172 e. The van der Waals surface area contributed by atoms with Gasteiger partial charge in [0, 0.05) is 34.5 Å². The van der Waals surface area contributed by atoms with Crippen LogP contribution in [0.15, 0.2) is 219 Å². The van der Waals surface area contributed by atoms with Gasteiger partial charge in [0.25, 0.3) is 0 Å². The van der Waals surface area contributed by atoms with Gasteiger partial charge in [0.2, 0.25) is 0 Å². The van der Waals surface area contributed by atoms with E-state index in [0.29, 0.717) is 34.5 Å². The Kier molecular flexibility index (Phi) is 11.1. The van der Waals surface area contributed by atoms with Crippen molar-refractivity contribution in [1.29, 1.82) is 0 Å². The molecule has 7 heteroatoms. The van der Waals surface area contributed by atoms with Crippen LogP contribution in [-0.4, -0.2) is 12.1 Å². The number of ether oxygens (including phenoxy) is 4. The van der Waals surface area contributed by atoms with Gasteiger partial charge in [-0.1, -0.05) is 104 Å². The van der Waals surface area contributed by atoms with Crippen molar-refractivity contribution < 1.29 is 18.9 Å². The molecule has 7 nitrogen and oxygen atoms in total. The van der Waals surface area contributed by atoms with Crippen molar-refractivity contribution in [2.24, 2.45) is 0 Å². The Morgan fingerprint density at radius 2 is 0.836 bits per heavy atom. The fourth-order valence-corrected chi connectivity index (χ4v) is 7.71. The molecule has 0 saturated carbocycles.